The number of halogens is 1. The molecule has 0 aliphatic carbocycles. The summed E-state index contributed by atoms with van der Waals surface area (Å²) in [5.41, 5.74) is 1.24. The zero-order valence-electron chi connectivity index (χ0n) is 11.8. The van der Waals surface area contributed by atoms with Gasteiger partial charge in [0.15, 0.2) is 15.1 Å². The topological polar surface area (TPSA) is 66.7 Å². The summed E-state index contributed by atoms with van der Waals surface area (Å²) in [6.07, 6.45) is 1.63. The van der Waals surface area contributed by atoms with Crippen molar-refractivity contribution in [3.8, 4) is 0 Å². The first-order valence-corrected chi connectivity index (χ1v) is 9.04. The number of rotatable bonds is 4. The zero-order valence-corrected chi connectivity index (χ0v) is 14.2. The van der Waals surface area contributed by atoms with Gasteiger partial charge in [-0.2, -0.15) is 8.42 Å². The summed E-state index contributed by atoms with van der Waals surface area (Å²) in [6.45, 7) is 0. The van der Waals surface area contributed by atoms with Crippen LogP contribution in [0, 0.1) is 0 Å². The fourth-order valence-corrected chi connectivity index (χ4v) is 4.65. The van der Waals surface area contributed by atoms with E-state index in [-0.39, 0.29) is 10.2 Å². The Labute approximate surface area is 137 Å². The Morgan fingerprint density at radius 2 is 2.05 bits per heavy atom. The second-order valence-electron chi connectivity index (χ2n) is 4.78. The standard InChI is InChI=1S/C13H13ClN4O2S2/c1-17(2)10-6-4-3-5-9(10)16-22(19,20)12-11(14)15-13-18(12)7-8-21-13/h3-8,16H,1-2H3. The number of nitrogens with zero attached hydrogens (tertiary/aromatic N) is 3. The highest BCUT2D eigenvalue weighted by Crippen LogP contribution is 2.30. The third-order valence-electron chi connectivity index (χ3n) is 3.06. The Kier molecular flexibility index (Phi) is 3.75. The normalized spacial score (nSPS) is 11.8. The molecule has 3 rings (SSSR count). The minimum atomic E-state index is -3.85. The van der Waals surface area contributed by atoms with Crippen molar-refractivity contribution in [2.45, 2.75) is 5.03 Å². The summed E-state index contributed by atoms with van der Waals surface area (Å²) in [6, 6.07) is 7.14. The Balaban J connectivity index is 2.08. The van der Waals surface area contributed by atoms with Crippen molar-refractivity contribution in [3.63, 3.8) is 0 Å². The molecule has 0 spiro atoms. The Hall–Kier alpha value is -1.77. The quantitative estimate of drug-likeness (QED) is 0.780. The van der Waals surface area contributed by atoms with Gasteiger partial charge < -0.3 is 4.90 Å². The first-order valence-electron chi connectivity index (χ1n) is 6.30. The van der Waals surface area contributed by atoms with E-state index in [2.05, 4.69) is 9.71 Å². The van der Waals surface area contributed by atoms with Gasteiger partial charge >= 0.3 is 0 Å². The molecule has 0 bridgehead atoms. The number of aromatic nitrogens is 2. The number of hydrogen-bond donors (Lipinski definition) is 1. The fourth-order valence-electron chi connectivity index (χ4n) is 2.12. The van der Waals surface area contributed by atoms with Crippen LogP contribution in [0.5, 0.6) is 0 Å². The number of hydrogen-bond acceptors (Lipinski definition) is 5. The average molecular weight is 357 g/mol. The molecule has 0 fully saturated rings. The lowest BCUT2D eigenvalue weighted by atomic mass is 10.2. The lowest BCUT2D eigenvalue weighted by molar-refractivity contribution is 0.596. The summed E-state index contributed by atoms with van der Waals surface area (Å²) < 4.78 is 29.4. The van der Waals surface area contributed by atoms with Crippen LogP contribution in [-0.2, 0) is 10.0 Å². The molecule has 6 nitrogen and oxygen atoms in total. The van der Waals surface area contributed by atoms with Crippen LogP contribution in [0.15, 0.2) is 40.9 Å². The van der Waals surface area contributed by atoms with E-state index in [1.807, 2.05) is 31.1 Å². The van der Waals surface area contributed by atoms with Crippen LogP contribution in [0.4, 0.5) is 11.4 Å². The van der Waals surface area contributed by atoms with Crippen LogP contribution in [0.1, 0.15) is 0 Å². The molecule has 1 N–H and O–H groups in total. The maximum atomic E-state index is 12.7. The van der Waals surface area contributed by atoms with Crippen molar-refractivity contribution < 1.29 is 8.42 Å². The van der Waals surface area contributed by atoms with Gasteiger partial charge in [-0.25, -0.2) is 4.98 Å². The Morgan fingerprint density at radius 1 is 1.32 bits per heavy atom. The molecular formula is C13H13ClN4O2S2. The molecule has 1 aromatic carbocycles. The highest BCUT2D eigenvalue weighted by Gasteiger charge is 2.26. The van der Waals surface area contributed by atoms with Crippen molar-refractivity contribution in [1.82, 2.24) is 9.38 Å². The van der Waals surface area contributed by atoms with Gasteiger partial charge in [0.2, 0.25) is 0 Å². The predicted molar refractivity (Wildman–Crippen MR) is 89.7 cm³/mol. The van der Waals surface area contributed by atoms with E-state index in [0.29, 0.717) is 10.6 Å². The van der Waals surface area contributed by atoms with Crippen molar-refractivity contribution in [3.05, 3.63) is 41.0 Å². The molecule has 116 valence electrons. The van der Waals surface area contributed by atoms with Gasteiger partial charge in [-0.3, -0.25) is 9.12 Å². The Morgan fingerprint density at radius 3 is 2.77 bits per heavy atom. The third kappa shape index (κ3) is 2.53. The molecule has 22 heavy (non-hydrogen) atoms. The van der Waals surface area contributed by atoms with Crippen LogP contribution in [0.3, 0.4) is 0 Å². The molecule has 3 aromatic rings. The number of nitrogens with one attached hydrogen (secondary N) is 1. The molecule has 0 atom stereocenters. The number of para-hydroxylation sites is 2. The minimum absolute atomic E-state index is 0.0401. The molecule has 2 aromatic heterocycles. The van der Waals surface area contributed by atoms with E-state index in [9.17, 15) is 8.42 Å². The van der Waals surface area contributed by atoms with Crippen molar-refractivity contribution >= 4 is 49.3 Å². The number of anilines is 2. The predicted octanol–water partition coefficient (Wildman–Crippen LogP) is 2.92. The van der Waals surface area contributed by atoms with Gasteiger partial charge in [0.05, 0.1) is 11.4 Å². The minimum Gasteiger partial charge on any atom is -0.376 e. The van der Waals surface area contributed by atoms with E-state index in [0.717, 1.165) is 5.69 Å². The zero-order chi connectivity index (χ0) is 15.9. The summed E-state index contributed by atoms with van der Waals surface area (Å²) >= 11 is 7.33. The summed E-state index contributed by atoms with van der Waals surface area (Å²) in [5.74, 6) is 0. The molecule has 0 unspecified atom stereocenters. The van der Waals surface area contributed by atoms with Gasteiger partial charge in [-0.15, -0.1) is 11.3 Å². The maximum absolute atomic E-state index is 12.7. The second-order valence-corrected chi connectivity index (χ2v) is 7.61. The Bertz CT molecular complexity index is 931. The van der Waals surface area contributed by atoms with Crippen LogP contribution in [0.2, 0.25) is 5.15 Å². The van der Waals surface area contributed by atoms with Crippen LogP contribution < -0.4 is 9.62 Å². The van der Waals surface area contributed by atoms with E-state index in [1.54, 1.807) is 23.7 Å². The largest absolute Gasteiger partial charge is 0.376 e. The summed E-state index contributed by atoms with van der Waals surface area (Å²) in [7, 11) is -0.168. The lowest BCUT2D eigenvalue weighted by Gasteiger charge is -2.18. The van der Waals surface area contributed by atoms with Crippen LogP contribution >= 0.6 is 22.9 Å². The first-order chi connectivity index (χ1) is 10.4. The van der Waals surface area contributed by atoms with E-state index >= 15 is 0 Å². The number of fused-ring (bicyclic) bond motifs is 1. The first kappa shape index (κ1) is 15.1. The molecular weight excluding hydrogens is 344 g/mol. The molecule has 9 heteroatoms. The fraction of sp³-hybridized carbons (Fsp3) is 0.154. The average Bonchev–Trinajstić information content (AvgIpc) is 2.97. The number of imidazole rings is 1. The van der Waals surface area contributed by atoms with Gasteiger partial charge in [0, 0.05) is 25.7 Å². The molecule has 0 radical (unpaired) electrons. The number of benzene rings is 1. The van der Waals surface area contributed by atoms with Gasteiger partial charge in [-0.1, -0.05) is 23.7 Å². The van der Waals surface area contributed by atoms with Crippen LogP contribution in [0.25, 0.3) is 4.96 Å². The van der Waals surface area contributed by atoms with Crippen molar-refractivity contribution in [1.29, 1.82) is 0 Å². The van der Waals surface area contributed by atoms with Crippen molar-refractivity contribution in [2.75, 3.05) is 23.7 Å². The highest BCUT2D eigenvalue weighted by molar-refractivity contribution is 7.92. The summed E-state index contributed by atoms with van der Waals surface area (Å²) in [4.78, 5) is 6.42. The monoisotopic (exact) mass is 356 g/mol. The second kappa shape index (κ2) is 5.45. The SMILES string of the molecule is CN(C)c1ccccc1NS(=O)(=O)c1c(Cl)nc2sccn12. The molecule has 0 aliphatic rings. The van der Waals surface area contributed by atoms with Gasteiger partial charge in [0.25, 0.3) is 10.0 Å². The highest BCUT2D eigenvalue weighted by atomic mass is 35.5. The van der Waals surface area contributed by atoms with Gasteiger partial charge in [0.1, 0.15) is 0 Å². The molecule has 0 saturated heterocycles. The number of sulfonamides is 1. The third-order valence-corrected chi connectivity index (χ3v) is 5.58. The molecule has 0 aliphatic heterocycles. The van der Waals surface area contributed by atoms with E-state index < -0.39 is 10.0 Å². The van der Waals surface area contributed by atoms with Crippen LogP contribution in [-0.4, -0.2) is 31.9 Å². The molecule has 2 heterocycles. The van der Waals surface area contributed by atoms with Gasteiger partial charge in [-0.05, 0) is 12.1 Å². The molecule has 0 saturated carbocycles. The number of thiazole rings is 1. The molecule has 0 amide bonds. The summed E-state index contributed by atoms with van der Waals surface area (Å²) in [5, 5.41) is 1.66. The maximum Gasteiger partial charge on any atom is 0.281 e. The van der Waals surface area contributed by atoms with Crippen molar-refractivity contribution in [2.24, 2.45) is 0 Å². The lowest BCUT2D eigenvalue weighted by Crippen LogP contribution is -2.18. The smallest absolute Gasteiger partial charge is 0.281 e. The van der Waals surface area contributed by atoms with E-state index in [1.165, 1.54) is 15.7 Å². The van der Waals surface area contributed by atoms with E-state index in [4.69, 9.17) is 11.6 Å².